The molecule has 1 atom stereocenters. The number of carbonyl (C=O) groups is 1. The van der Waals surface area contributed by atoms with E-state index in [0.29, 0.717) is 22.9 Å². The van der Waals surface area contributed by atoms with Crippen LogP contribution in [-0.4, -0.2) is 39.4 Å². The molecular weight excluding hydrogens is 364 g/mol. The lowest BCUT2D eigenvalue weighted by Gasteiger charge is -2.31. The fourth-order valence-electron chi connectivity index (χ4n) is 3.23. The normalized spacial score (nSPS) is 17.4. The van der Waals surface area contributed by atoms with E-state index >= 15 is 0 Å². The van der Waals surface area contributed by atoms with Crippen molar-refractivity contribution >= 4 is 21.6 Å². The maximum atomic E-state index is 12.6. The zero-order valence-electron chi connectivity index (χ0n) is 15.5. The van der Waals surface area contributed by atoms with E-state index in [9.17, 15) is 13.2 Å². The molecule has 1 aliphatic rings. The fourth-order valence-corrected chi connectivity index (χ4v) is 4.28. The van der Waals surface area contributed by atoms with Gasteiger partial charge in [0.1, 0.15) is 5.75 Å². The summed E-state index contributed by atoms with van der Waals surface area (Å²) in [5.74, 6) is 1.01. The van der Waals surface area contributed by atoms with Gasteiger partial charge in [-0.05, 0) is 55.2 Å². The fraction of sp³-hybridized carbons (Fsp3) is 0.350. The van der Waals surface area contributed by atoms with Crippen molar-refractivity contribution in [2.45, 2.75) is 24.7 Å². The Hall–Kier alpha value is -2.54. The number of nitrogens with one attached hydrogen (secondary N) is 1. The van der Waals surface area contributed by atoms with Gasteiger partial charge in [-0.3, -0.25) is 9.52 Å². The molecule has 7 heteroatoms. The standard InChI is InChI=1S/C20H24N2O4S/c1-15-5-4-12-22(14-15)20(23)16-8-10-19(11-9-16)27(24,25)21-17-6-3-7-18(13-17)26-2/h3,6-11,13,15,21H,4-5,12,14H2,1-2H3. The van der Waals surface area contributed by atoms with Gasteiger partial charge in [0.25, 0.3) is 15.9 Å². The predicted octanol–water partition coefficient (Wildman–Crippen LogP) is 3.37. The van der Waals surface area contributed by atoms with Gasteiger partial charge in [-0.25, -0.2) is 8.42 Å². The Labute approximate surface area is 160 Å². The number of benzene rings is 2. The van der Waals surface area contributed by atoms with Gasteiger partial charge in [0.2, 0.25) is 0 Å². The first-order valence-electron chi connectivity index (χ1n) is 8.95. The molecule has 0 aliphatic carbocycles. The van der Waals surface area contributed by atoms with Crippen LogP contribution in [0.1, 0.15) is 30.1 Å². The Balaban J connectivity index is 1.74. The van der Waals surface area contributed by atoms with Crippen LogP contribution in [-0.2, 0) is 10.0 Å². The lowest BCUT2D eigenvalue weighted by molar-refractivity contribution is 0.0683. The highest BCUT2D eigenvalue weighted by Crippen LogP contribution is 2.22. The van der Waals surface area contributed by atoms with Gasteiger partial charge >= 0.3 is 0 Å². The van der Waals surface area contributed by atoms with Crippen molar-refractivity contribution in [3.8, 4) is 5.75 Å². The molecule has 1 N–H and O–H groups in total. The van der Waals surface area contributed by atoms with Crippen LogP contribution >= 0.6 is 0 Å². The van der Waals surface area contributed by atoms with Crippen molar-refractivity contribution in [3.05, 3.63) is 54.1 Å². The molecular formula is C20H24N2O4S. The van der Waals surface area contributed by atoms with Crippen molar-refractivity contribution in [1.29, 1.82) is 0 Å². The van der Waals surface area contributed by atoms with Crippen molar-refractivity contribution < 1.29 is 17.9 Å². The molecule has 2 aromatic rings. The summed E-state index contributed by atoms with van der Waals surface area (Å²) >= 11 is 0. The zero-order valence-corrected chi connectivity index (χ0v) is 16.3. The van der Waals surface area contributed by atoms with E-state index in [1.807, 2.05) is 4.90 Å². The number of anilines is 1. The number of methoxy groups -OCH3 is 1. The predicted molar refractivity (Wildman–Crippen MR) is 105 cm³/mol. The zero-order chi connectivity index (χ0) is 19.4. The van der Waals surface area contributed by atoms with Crippen molar-refractivity contribution in [2.75, 3.05) is 24.9 Å². The minimum Gasteiger partial charge on any atom is -0.497 e. The Bertz CT molecular complexity index is 910. The largest absolute Gasteiger partial charge is 0.497 e. The molecule has 1 amide bonds. The molecule has 0 radical (unpaired) electrons. The van der Waals surface area contributed by atoms with Crippen LogP contribution in [0.5, 0.6) is 5.75 Å². The topological polar surface area (TPSA) is 75.7 Å². The lowest BCUT2D eigenvalue weighted by atomic mass is 9.99. The van der Waals surface area contributed by atoms with Crippen LogP contribution < -0.4 is 9.46 Å². The van der Waals surface area contributed by atoms with Crippen molar-refractivity contribution in [1.82, 2.24) is 4.90 Å². The highest BCUT2D eigenvalue weighted by atomic mass is 32.2. The van der Waals surface area contributed by atoms with E-state index < -0.39 is 10.0 Å². The third-order valence-corrected chi connectivity index (χ3v) is 6.07. The van der Waals surface area contributed by atoms with Gasteiger partial charge in [-0.15, -0.1) is 0 Å². The van der Waals surface area contributed by atoms with Crippen LogP contribution in [0.2, 0.25) is 0 Å². The van der Waals surface area contributed by atoms with Gasteiger partial charge in [-0.2, -0.15) is 0 Å². The average molecular weight is 388 g/mol. The molecule has 1 saturated heterocycles. The molecule has 1 heterocycles. The highest BCUT2D eigenvalue weighted by molar-refractivity contribution is 7.92. The second-order valence-electron chi connectivity index (χ2n) is 6.86. The van der Waals surface area contributed by atoms with Gasteiger partial charge in [0, 0.05) is 24.7 Å². The molecule has 6 nitrogen and oxygen atoms in total. The first-order valence-corrected chi connectivity index (χ1v) is 10.4. The van der Waals surface area contributed by atoms with E-state index in [-0.39, 0.29) is 10.8 Å². The van der Waals surface area contributed by atoms with Crippen LogP contribution in [0.4, 0.5) is 5.69 Å². The lowest BCUT2D eigenvalue weighted by Crippen LogP contribution is -2.39. The van der Waals surface area contributed by atoms with Gasteiger partial charge in [-0.1, -0.05) is 13.0 Å². The van der Waals surface area contributed by atoms with Gasteiger partial charge in [0.05, 0.1) is 17.7 Å². The van der Waals surface area contributed by atoms with Crippen LogP contribution in [0.3, 0.4) is 0 Å². The molecule has 2 aromatic carbocycles. The summed E-state index contributed by atoms with van der Waals surface area (Å²) in [5.41, 5.74) is 0.918. The van der Waals surface area contributed by atoms with E-state index in [1.54, 1.807) is 36.4 Å². The number of nitrogens with zero attached hydrogens (tertiary/aromatic N) is 1. The van der Waals surface area contributed by atoms with Crippen molar-refractivity contribution in [3.63, 3.8) is 0 Å². The Morgan fingerprint density at radius 1 is 1.19 bits per heavy atom. The third-order valence-electron chi connectivity index (χ3n) is 4.68. The maximum absolute atomic E-state index is 12.6. The number of hydrogen-bond donors (Lipinski definition) is 1. The van der Waals surface area contributed by atoms with Gasteiger partial charge in [0.15, 0.2) is 0 Å². The number of amides is 1. The van der Waals surface area contributed by atoms with Crippen LogP contribution in [0, 0.1) is 5.92 Å². The number of carbonyl (C=O) groups excluding carboxylic acids is 1. The van der Waals surface area contributed by atoms with E-state index in [2.05, 4.69) is 11.6 Å². The number of sulfonamides is 1. The smallest absolute Gasteiger partial charge is 0.261 e. The molecule has 0 spiro atoms. The maximum Gasteiger partial charge on any atom is 0.261 e. The number of rotatable bonds is 5. The van der Waals surface area contributed by atoms with E-state index in [4.69, 9.17) is 4.74 Å². The molecule has 3 rings (SSSR count). The first-order chi connectivity index (χ1) is 12.9. The summed E-state index contributed by atoms with van der Waals surface area (Å²) in [6.45, 7) is 3.64. The molecule has 1 unspecified atom stereocenters. The minimum atomic E-state index is -3.74. The Morgan fingerprint density at radius 2 is 1.93 bits per heavy atom. The third kappa shape index (κ3) is 4.60. The SMILES string of the molecule is COc1cccc(NS(=O)(=O)c2ccc(C(=O)N3CCCC(C)C3)cc2)c1. The van der Waals surface area contributed by atoms with Crippen LogP contribution in [0.15, 0.2) is 53.4 Å². The second-order valence-corrected chi connectivity index (χ2v) is 8.54. The molecule has 0 saturated carbocycles. The molecule has 27 heavy (non-hydrogen) atoms. The summed E-state index contributed by atoms with van der Waals surface area (Å²) in [7, 11) is -2.22. The molecule has 1 fully saturated rings. The molecule has 144 valence electrons. The van der Waals surface area contributed by atoms with Crippen molar-refractivity contribution in [2.24, 2.45) is 5.92 Å². The summed E-state index contributed by atoms with van der Waals surface area (Å²) in [4.78, 5) is 14.6. The average Bonchev–Trinajstić information content (AvgIpc) is 2.67. The second kappa shape index (κ2) is 8.00. The van der Waals surface area contributed by atoms with E-state index in [1.165, 1.54) is 19.2 Å². The Kier molecular flexibility index (Phi) is 5.70. The number of hydrogen-bond acceptors (Lipinski definition) is 4. The summed E-state index contributed by atoms with van der Waals surface area (Å²) in [5, 5.41) is 0. The molecule has 1 aliphatic heterocycles. The Morgan fingerprint density at radius 3 is 2.59 bits per heavy atom. The molecule has 0 aromatic heterocycles. The summed E-state index contributed by atoms with van der Waals surface area (Å²) in [6, 6.07) is 12.8. The number of piperidine rings is 1. The first kappa shape index (κ1) is 19.2. The minimum absolute atomic E-state index is 0.0498. The summed E-state index contributed by atoms with van der Waals surface area (Å²) in [6.07, 6.45) is 2.14. The highest BCUT2D eigenvalue weighted by Gasteiger charge is 2.22. The summed E-state index contributed by atoms with van der Waals surface area (Å²) < 4.78 is 32.8. The monoisotopic (exact) mass is 388 g/mol. The van der Waals surface area contributed by atoms with Crippen LogP contribution in [0.25, 0.3) is 0 Å². The number of ether oxygens (including phenoxy) is 1. The quantitative estimate of drug-likeness (QED) is 0.852. The number of likely N-dealkylation sites (tertiary alicyclic amines) is 1. The van der Waals surface area contributed by atoms with E-state index in [0.717, 1.165) is 25.9 Å². The van der Waals surface area contributed by atoms with Gasteiger partial charge < -0.3 is 9.64 Å². The molecule has 0 bridgehead atoms.